The summed E-state index contributed by atoms with van der Waals surface area (Å²) in [5, 5.41) is 15.5. The van der Waals surface area contributed by atoms with Gasteiger partial charge in [0.15, 0.2) is 0 Å². The first-order valence-corrected chi connectivity index (χ1v) is 9.92. The smallest absolute Gasteiger partial charge is 0.308 e. The lowest BCUT2D eigenvalue weighted by atomic mass is 9.89. The lowest BCUT2D eigenvalue weighted by Crippen LogP contribution is -2.30. The third kappa shape index (κ3) is 3.82. The Morgan fingerprint density at radius 3 is 2.71 bits per heavy atom. The van der Waals surface area contributed by atoms with Gasteiger partial charge in [-0.05, 0) is 17.0 Å². The molecule has 28 heavy (non-hydrogen) atoms. The topological polar surface area (TPSA) is 96.5 Å². The molecule has 4 rings (SSSR count). The minimum atomic E-state index is -0.873. The van der Waals surface area contributed by atoms with Crippen molar-refractivity contribution in [3.63, 3.8) is 0 Å². The van der Waals surface area contributed by atoms with Gasteiger partial charge in [0.05, 0.1) is 10.8 Å². The number of nitrogens with zero attached hydrogens (tertiary/aromatic N) is 3. The molecule has 2 unspecified atom stereocenters. The molecule has 0 saturated carbocycles. The van der Waals surface area contributed by atoms with Gasteiger partial charge in [0, 0.05) is 31.8 Å². The van der Waals surface area contributed by atoms with E-state index >= 15 is 0 Å². The SMILES string of the molecule is O=C(O)C1CN(C(=O)CCc2nc(-c3cccs3)no2)CC1c1ccccc1. The van der Waals surface area contributed by atoms with Crippen molar-refractivity contribution in [2.75, 3.05) is 13.1 Å². The second kappa shape index (κ2) is 7.93. The summed E-state index contributed by atoms with van der Waals surface area (Å²) in [4.78, 5) is 31.2. The largest absolute Gasteiger partial charge is 0.481 e. The average Bonchev–Trinajstić information content (AvgIpc) is 3.46. The van der Waals surface area contributed by atoms with E-state index in [4.69, 9.17) is 4.52 Å². The zero-order valence-electron chi connectivity index (χ0n) is 15.0. The van der Waals surface area contributed by atoms with Crippen LogP contribution in [-0.2, 0) is 16.0 Å². The number of amides is 1. The first kappa shape index (κ1) is 18.4. The Balaban J connectivity index is 1.39. The van der Waals surface area contributed by atoms with E-state index in [0.717, 1.165) is 10.4 Å². The van der Waals surface area contributed by atoms with Gasteiger partial charge in [-0.15, -0.1) is 11.3 Å². The molecule has 1 N–H and O–H groups in total. The lowest BCUT2D eigenvalue weighted by molar-refractivity contribution is -0.141. The first-order valence-electron chi connectivity index (χ1n) is 9.04. The second-order valence-electron chi connectivity index (χ2n) is 6.75. The summed E-state index contributed by atoms with van der Waals surface area (Å²) >= 11 is 1.52. The van der Waals surface area contributed by atoms with Crippen LogP contribution < -0.4 is 0 Å². The summed E-state index contributed by atoms with van der Waals surface area (Å²) in [7, 11) is 0. The minimum absolute atomic E-state index is 0.0967. The third-order valence-corrected chi connectivity index (χ3v) is 5.85. The van der Waals surface area contributed by atoms with Crippen LogP contribution in [0, 0.1) is 5.92 Å². The van der Waals surface area contributed by atoms with Crippen molar-refractivity contribution in [2.45, 2.75) is 18.8 Å². The van der Waals surface area contributed by atoms with Crippen molar-refractivity contribution >= 4 is 23.2 Å². The van der Waals surface area contributed by atoms with E-state index in [1.54, 1.807) is 4.90 Å². The summed E-state index contributed by atoms with van der Waals surface area (Å²) in [6.45, 7) is 0.627. The zero-order valence-corrected chi connectivity index (χ0v) is 15.8. The van der Waals surface area contributed by atoms with E-state index in [-0.39, 0.29) is 24.8 Å². The molecule has 0 bridgehead atoms. The molecule has 2 aromatic heterocycles. The summed E-state index contributed by atoms with van der Waals surface area (Å²) in [6, 6.07) is 13.3. The Kier molecular flexibility index (Phi) is 5.21. The highest BCUT2D eigenvalue weighted by molar-refractivity contribution is 7.13. The maximum atomic E-state index is 12.6. The Morgan fingerprint density at radius 1 is 1.18 bits per heavy atom. The normalized spacial score (nSPS) is 19.1. The maximum absolute atomic E-state index is 12.6. The highest BCUT2D eigenvalue weighted by atomic mass is 32.1. The molecule has 3 aromatic rings. The number of aromatic nitrogens is 2. The molecule has 0 spiro atoms. The molecule has 0 aliphatic carbocycles. The van der Waals surface area contributed by atoms with Gasteiger partial charge in [0.2, 0.25) is 17.6 Å². The fourth-order valence-corrected chi connectivity index (χ4v) is 4.18. The van der Waals surface area contributed by atoms with E-state index in [9.17, 15) is 14.7 Å². The van der Waals surface area contributed by atoms with Crippen molar-refractivity contribution < 1.29 is 19.2 Å². The predicted octanol–water partition coefficient (Wildman–Crippen LogP) is 3.06. The van der Waals surface area contributed by atoms with Gasteiger partial charge in [0.25, 0.3) is 0 Å². The van der Waals surface area contributed by atoms with Crippen LogP contribution in [0.4, 0.5) is 0 Å². The van der Waals surface area contributed by atoms with Crippen molar-refractivity contribution in [3.8, 4) is 10.7 Å². The number of aliphatic carboxylic acids is 1. The zero-order chi connectivity index (χ0) is 19.5. The number of thiophene rings is 1. The van der Waals surface area contributed by atoms with E-state index in [1.165, 1.54) is 11.3 Å². The van der Waals surface area contributed by atoms with Crippen LogP contribution in [0.25, 0.3) is 10.7 Å². The minimum Gasteiger partial charge on any atom is -0.481 e. The number of aryl methyl sites for hydroxylation is 1. The van der Waals surface area contributed by atoms with Gasteiger partial charge in [-0.1, -0.05) is 41.6 Å². The number of rotatable bonds is 6. The van der Waals surface area contributed by atoms with Crippen LogP contribution in [0.2, 0.25) is 0 Å². The van der Waals surface area contributed by atoms with Crippen LogP contribution in [0.5, 0.6) is 0 Å². The molecule has 1 saturated heterocycles. The van der Waals surface area contributed by atoms with Crippen LogP contribution in [0.3, 0.4) is 0 Å². The number of carbonyl (C=O) groups excluding carboxylic acids is 1. The highest BCUT2D eigenvalue weighted by Crippen LogP contribution is 2.33. The molecule has 2 atom stereocenters. The van der Waals surface area contributed by atoms with Crippen LogP contribution in [0.15, 0.2) is 52.4 Å². The fourth-order valence-electron chi connectivity index (χ4n) is 3.53. The van der Waals surface area contributed by atoms with Gasteiger partial charge >= 0.3 is 5.97 Å². The number of carboxylic acid groups (broad SMARTS) is 1. The maximum Gasteiger partial charge on any atom is 0.308 e. The van der Waals surface area contributed by atoms with Gasteiger partial charge in [-0.25, -0.2) is 0 Å². The molecule has 1 aliphatic rings. The van der Waals surface area contributed by atoms with Crippen LogP contribution in [0.1, 0.15) is 23.8 Å². The number of benzene rings is 1. The second-order valence-corrected chi connectivity index (χ2v) is 7.70. The predicted molar refractivity (Wildman–Crippen MR) is 103 cm³/mol. The molecule has 1 amide bonds. The number of carbonyl (C=O) groups is 2. The summed E-state index contributed by atoms with van der Waals surface area (Å²) < 4.78 is 5.23. The van der Waals surface area contributed by atoms with Crippen molar-refractivity contribution in [2.24, 2.45) is 5.92 Å². The number of hydrogen-bond acceptors (Lipinski definition) is 6. The summed E-state index contributed by atoms with van der Waals surface area (Å²) in [6.07, 6.45) is 0.543. The van der Waals surface area contributed by atoms with E-state index in [1.807, 2.05) is 47.8 Å². The van der Waals surface area contributed by atoms with E-state index in [0.29, 0.717) is 24.7 Å². The quantitative estimate of drug-likeness (QED) is 0.687. The molecule has 0 radical (unpaired) electrons. The van der Waals surface area contributed by atoms with Crippen LogP contribution in [-0.4, -0.2) is 45.1 Å². The highest BCUT2D eigenvalue weighted by Gasteiger charge is 2.40. The lowest BCUT2D eigenvalue weighted by Gasteiger charge is -2.16. The molecule has 144 valence electrons. The molecule has 3 heterocycles. The Hall–Kier alpha value is -3.00. The molecule has 7 nitrogen and oxygen atoms in total. The van der Waals surface area contributed by atoms with Crippen molar-refractivity contribution in [3.05, 3.63) is 59.3 Å². The number of hydrogen-bond donors (Lipinski definition) is 1. The Morgan fingerprint density at radius 2 is 2.00 bits per heavy atom. The van der Waals surface area contributed by atoms with Gasteiger partial charge in [-0.3, -0.25) is 9.59 Å². The van der Waals surface area contributed by atoms with Crippen molar-refractivity contribution in [1.82, 2.24) is 15.0 Å². The molecule has 8 heteroatoms. The monoisotopic (exact) mass is 397 g/mol. The Labute approximate surface area is 165 Å². The molecule has 1 aromatic carbocycles. The third-order valence-electron chi connectivity index (χ3n) is 4.98. The summed E-state index contributed by atoms with van der Waals surface area (Å²) in [5.74, 6) is -0.835. The summed E-state index contributed by atoms with van der Waals surface area (Å²) in [5.41, 5.74) is 0.947. The molecular formula is C20H19N3O4S. The molecule has 1 fully saturated rings. The number of likely N-dealkylation sites (tertiary alicyclic amines) is 1. The Bertz CT molecular complexity index is 955. The first-order chi connectivity index (χ1) is 13.6. The van der Waals surface area contributed by atoms with Gasteiger partial charge in [0.1, 0.15) is 0 Å². The number of carboxylic acids is 1. The van der Waals surface area contributed by atoms with Gasteiger partial charge in [-0.2, -0.15) is 4.98 Å². The van der Waals surface area contributed by atoms with Crippen LogP contribution >= 0.6 is 11.3 Å². The molecule has 1 aliphatic heterocycles. The van der Waals surface area contributed by atoms with E-state index < -0.39 is 11.9 Å². The standard InChI is InChI=1S/C20H19N3O4S/c24-18(9-8-17-21-19(22-27-17)16-7-4-10-28-16)23-11-14(15(12-23)20(25)26)13-5-2-1-3-6-13/h1-7,10,14-15H,8-9,11-12H2,(H,25,26). The molecular weight excluding hydrogens is 378 g/mol. The van der Waals surface area contributed by atoms with Gasteiger partial charge < -0.3 is 14.5 Å². The fraction of sp³-hybridized carbons (Fsp3) is 0.300. The average molecular weight is 397 g/mol. The van der Waals surface area contributed by atoms with Crippen molar-refractivity contribution in [1.29, 1.82) is 0 Å². The van der Waals surface area contributed by atoms with E-state index in [2.05, 4.69) is 10.1 Å².